The van der Waals surface area contributed by atoms with E-state index in [4.69, 9.17) is 0 Å². The summed E-state index contributed by atoms with van der Waals surface area (Å²) < 4.78 is 38.5. The molecule has 2 rings (SSSR count). The van der Waals surface area contributed by atoms with Crippen molar-refractivity contribution in [3.63, 3.8) is 0 Å². The maximum absolute atomic E-state index is 12.8. The van der Waals surface area contributed by atoms with Gasteiger partial charge < -0.3 is 5.32 Å². The zero-order chi connectivity index (χ0) is 14.2. The van der Waals surface area contributed by atoms with Crippen molar-refractivity contribution < 1.29 is 13.2 Å². The lowest BCUT2D eigenvalue weighted by Gasteiger charge is -2.33. The number of hydrogen-bond donors (Lipinski definition) is 1. The van der Waals surface area contributed by atoms with E-state index in [0.29, 0.717) is 6.54 Å². The highest BCUT2D eigenvalue weighted by molar-refractivity contribution is 5.38. The second kappa shape index (κ2) is 5.16. The molecule has 0 amide bonds. The van der Waals surface area contributed by atoms with E-state index in [-0.39, 0.29) is 18.9 Å². The van der Waals surface area contributed by atoms with Gasteiger partial charge in [-0.3, -0.25) is 0 Å². The van der Waals surface area contributed by atoms with Gasteiger partial charge in [0.1, 0.15) is 0 Å². The summed E-state index contributed by atoms with van der Waals surface area (Å²) in [6.07, 6.45) is -3.75. The molecule has 0 radical (unpaired) electrons. The van der Waals surface area contributed by atoms with Crippen LogP contribution in [0.5, 0.6) is 0 Å². The first-order valence-corrected chi connectivity index (χ1v) is 6.67. The molecule has 0 aromatic heterocycles. The molecule has 0 spiro atoms. The molecule has 1 aliphatic rings. The molecule has 1 saturated heterocycles. The number of alkyl halides is 3. The Morgan fingerprint density at radius 1 is 1.05 bits per heavy atom. The van der Waals surface area contributed by atoms with Gasteiger partial charge in [-0.05, 0) is 62.4 Å². The Morgan fingerprint density at radius 3 is 2.32 bits per heavy atom. The first kappa shape index (κ1) is 14.4. The largest absolute Gasteiger partial charge is 0.391 e. The molecule has 1 nitrogen and oxygen atoms in total. The molecular formula is C15H20F3N. The van der Waals surface area contributed by atoms with Gasteiger partial charge >= 0.3 is 6.18 Å². The second-order valence-corrected chi connectivity index (χ2v) is 5.56. The lowest BCUT2D eigenvalue weighted by molar-refractivity contribution is -0.183. The molecule has 1 N–H and O–H groups in total. The average molecular weight is 271 g/mol. The van der Waals surface area contributed by atoms with Gasteiger partial charge in [-0.25, -0.2) is 0 Å². The monoisotopic (exact) mass is 271 g/mol. The lowest BCUT2D eigenvalue weighted by Crippen LogP contribution is -2.38. The Morgan fingerprint density at radius 2 is 1.68 bits per heavy atom. The van der Waals surface area contributed by atoms with Crippen LogP contribution < -0.4 is 5.32 Å². The summed E-state index contributed by atoms with van der Waals surface area (Å²) in [4.78, 5) is 0. The number of rotatable bonds is 1. The highest BCUT2D eigenvalue weighted by Crippen LogP contribution is 2.39. The van der Waals surface area contributed by atoms with Gasteiger partial charge in [-0.15, -0.1) is 0 Å². The highest BCUT2D eigenvalue weighted by atomic mass is 19.4. The van der Waals surface area contributed by atoms with Gasteiger partial charge in [-0.2, -0.15) is 13.2 Å². The topological polar surface area (TPSA) is 12.0 Å². The van der Waals surface area contributed by atoms with Crippen LogP contribution in [-0.4, -0.2) is 12.7 Å². The molecule has 106 valence electrons. The quantitative estimate of drug-likeness (QED) is 0.806. The molecule has 4 heteroatoms. The van der Waals surface area contributed by atoms with Crippen molar-refractivity contribution in [2.24, 2.45) is 5.92 Å². The van der Waals surface area contributed by atoms with Crippen molar-refractivity contribution >= 4 is 0 Å². The summed E-state index contributed by atoms with van der Waals surface area (Å²) in [5, 5.41) is 3.22. The minimum atomic E-state index is -4.08. The van der Waals surface area contributed by atoms with Crippen molar-refractivity contribution in [3.05, 3.63) is 34.4 Å². The number of benzene rings is 1. The van der Waals surface area contributed by atoms with E-state index >= 15 is 0 Å². The zero-order valence-corrected chi connectivity index (χ0v) is 11.6. The van der Waals surface area contributed by atoms with Crippen molar-refractivity contribution in [1.82, 2.24) is 5.32 Å². The normalized spacial score (nSPS) is 24.5. The Balaban J connectivity index is 2.25. The minimum Gasteiger partial charge on any atom is -0.310 e. The summed E-state index contributed by atoms with van der Waals surface area (Å²) >= 11 is 0. The SMILES string of the molecule is Cc1cc(C)c(C2CC(C(F)(F)F)CCN2)cc1C. The van der Waals surface area contributed by atoms with Crippen LogP contribution >= 0.6 is 0 Å². The molecule has 1 aliphatic heterocycles. The van der Waals surface area contributed by atoms with E-state index in [1.807, 2.05) is 26.8 Å². The second-order valence-electron chi connectivity index (χ2n) is 5.56. The Bertz CT molecular complexity index is 465. The molecule has 1 fully saturated rings. The van der Waals surface area contributed by atoms with Crippen LogP contribution in [0.4, 0.5) is 13.2 Å². The average Bonchev–Trinajstić information content (AvgIpc) is 2.33. The molecule has 0 saturated carbocycles. The minimum absolute atomic E-state index is 0.146. The summed E-state index contributed by atoms with van der Waals surface area (Å²) in [6.45, 7) is 6.43. The van der Waals surface area contributed by atoms with Crippen molar-refractivity contribution in [1.29, 1.82) is 0 Å². The molecule has 0 bridgehead atoms. The van der Waals surface area contributed by atoms with Gasteiger partial charge in [0.15, 0.2) is 0 Å². The van der Waals surface area contributed by atoms with E-state index in [0.717, 1.165) is 16.7 Å². The summed E-state index contributed by atoms with van der Waals surface area (Å²) in [7, 11) is 0. The van der Waals surface area contributed by atoms with Crippen LogP contribution in [0, 0.1) is 26.7 Å². The van der Waals surface area contributed by atoms with E-state index in [9.17, 15) is 13.2 Å². The maximum atomic E-state index is 12.8. The van der Waals surface area contributed by atoms with Crippen LogP contribution in [0.15, 0.2) is 12.1 Å². The molecule has 1 heterocycles. The molecule has 2 atom stereocenters. The highest BCUT2D eigenvalue weighted by Gasteiger charge is 2.42. The van der Waals surface area contributed by atoms with Gasteiger partial charge in [0.2, 0.25) is 0 Å². The molecule has 1 aromatic rings. The fraction of sp³-hybridized carbons (Fsp3) is 0.600. The third-order valence-electron chi connectivity index (χ3n) is 4.12. The number of hydrogen-bond acceptors (Lipinski definition) is 1. The smallest absolute Gasteiger partial charge is 0.310 e. The van der Waals surface area contributed by atoms with Crippen molar-refractivity contribution in [3.8, 4) is 0 Å². The van der Waals surface area contributed by atoms with Crippen molar-refractivity contribution in [2.45, 2.75) is 45.8 Å². The fourth-order valence-electron chi connectivity index (χ4n) is 2.81. The lowest BCUT2D eigenvalue weighted by atomic mass is 9.85. The first-order valence-electron chi connectivity index (χ1n) is 6.67. The molecule has 1 aromatic carbocycles. The molecular weight excluding hydrogens is 251 g/mol. The van der Waals surface area contributed by atoms with Crippen LogP contribution in [0.2, 0.25) is 0 Å². The van der Waals surface area contributed by atoms with E-state index in [1.165, 1.54) is 5.56 Å². The fourth-order valence-corrected chi connectivity index (χ4v) is 2.81. The first-order chi connectivity index (χ1) is 8.79. The van der Waals surface area contributed by atoms with Gasteiger partial charge in [0, 0.05) is 6.04 Å². The summed E-state index contributed by atoms with van der Waals surface area (Å²) in [5.74, 6) is -1.18. The van der Waals surface area contributed by atoms with E-state index in [2.05, 4.69) is 11.4 Å². The van der Waals surface area contributed by atoms with Crippen LogP contribution in [-0.2, 0) is 0 Å². The predicted octanol–water partition coefficient (Wildman–Crippen LogP) is 4.21. The Kier molecular flexibility index (Phi) is 3.90. The molecule has 2 unspecified atom stereocenters. The Hall–Kier alpha value is -1.03. The van der Waals surface area contributed by atoms with Crippen LogP contribution in [0.25, 0.3) is 0 Å². The van der Waals surface area contributed by atoms with E-state index in [1.54, 1.807) is 0 Å². The third kappa shape index (κ3) is 3.11. The van der Waals surface area contributed by atoms with Gasteiger partial charge in [0.05, 0.1) is 5.92 Å². The number of halogens is 3. The van der Waals surface area contributed by atoms with Crippen LogP contribution in [0.1, 0.15) is 41.1 Å². The van der Waals surface area contributed by atoms with E-state index < -0.39 is 12.1 Å². The van der Waals surface area contributed by atoms with Gasteiger partial charge in [0.25, 0.3) is 0 Å². The van der Waals surface area contributed by atoms with Crippen LogP contribution in [0.3, 0.4) is 0 Å². The number of nitrogens with one attached hydrogen (secondary N) is 1. The number of piperidine rings is 1. The van der Waals surface area contributed by atoms with Crippen molar-refractivity contribution in [2.75, 3.05) is 6.54 Å². The Labute approximate surface area is 112 Å². The summed E-state index contributed by atoms with van der Waals surface area (Å²) in [5.41, 5.74) is 4.40. The maximum Gasteiger partial charge on any atom is 0.391 e. The zero-order valence-electron chi connectivity index (χ0n) is 11.6. The molecule has 0 aliphatic carbocycles. The predicted molar refractivity (Wildman–Crippen MR) is 70.2 cm³/mol. The summed E-state index contributed by atoms with van der Waals surface area (Å²) in [6, 6.07) is 3.91. The number of aryl methyl sites for hydroxylation is 3. The third-order valence-corrected chi connectivity index (χ3v) is 4.12. The standard InChI is InChI=1S/C15H20F3N/c1-9-6-11(3)13(7-10(9)2)14-8-12(4-5-19-14)15(16,17)18/h6-7,12,14,19H,4-5,8H2,1-3H3. The molecule has 19 heavy (non-hydrogen) atoms. The van der Waals surface area contributed by atoms with Gasteiger partial charge in [-0.1, -0.05) is 12.1 Å².